The smallest absolute Gasteiger partial charge is 0.259 e. The summed E-state index contributed by atoms with van der Waals surface area (Å²) in [7, 11) is 0. The molecule has 8 heteroatoms. The molecule has 2 aromatic heterocycles. The molecule has 152 valence electrons. The van der Waals surface area contributed by atoms with E-state index in [2.05, 4.69) is 32.0 Å². The molecule has 0 saturated heterocycles. The standard InChI is InChI=1S/C21H22BrN3O2S2/c1-11-12(2)29-20-18(11)19(26)23-17(24-20)10-28-13(3)21(27)25-8-4-5-14-9-15(22)6-7-16(14)25/h6-7,9,13H,4-5,8,10H2,1-3H3,(H,23,24,26). The number of aromatic amines is 1. The van der Waals surface area contributed by atoms with Crippen LogP contribution >= 0.6 is 39.0 Å². The number of carbonyl (C=O) groups is 1. The number of thiophene rings is 1. The van der Waals surface area contributed by atoms with Crippen LogP contribution in [0.2, 0.25) is 0 Å². The highest BCUT2D eigenvalue weighted by Gasteiger charge is 2.27. The first kappa shape index (κ1) is 20.6. The van der Waals surface area contributed by atoms with Crippen LogP contribution in [0.1, 0.15) is 35.2 Å². The number of carbonyl (C=O) groups excluding carboxylic acids is 1. The molecular weight excluding hydrogens is 470 g/mol. The number of aromatic nitrogens is 2. The molecule has 3 aromatic rings. The van der Waals surface area contributed by atoms with Crippen LogP contribution in [0.4, 0.5) is 5.69 Å². The summed E-state index contributed by atoms with van der Waals surface area (Å²) in [4.78, 5) is 36.8. The Hall–Kier alpha value is -1.64. The molecule has 0 fully saturated rings. The second-order valence-electron chi connectivity index (χ2n) is 7.30. The summed E-state index contributed by atoms with van der Waals surface area (Å²) in [6.45, 7) is 6.63. The average molecular weight is 492 g/mol. The Morgan fingerprint density at radius 1 is 1.41 bits per heavy atom. The van der Waals surface area contributed by atoms with Crippen molar-refractivity contribution in [2.24, 2.45) is 0 Å². The first-order valence-corrected chi connectivity index (χ1v) is 12.2. The first-order chi connectivity index (χ1) is 13.8. The molecule has 0 saturated carbocycles. The van der Waals surface area contributed by atoms with Gasteiger partial charge in [0.25, 0.3) is 5.56 Å². The third-order valence-electron chi connectivity index (χ3n) is 5.33. The van der Waals surface area contributed by atoms with Crippen molar-refractivity contribution in [1.29, 1.82) is 0 Å². The van der Waals surface area contributed by atoms with E-state index in [1.54, 1.807) is 11.3 Å². The topological polar surface area (TPSA) is 66.1 Å². The summed E-state index contributed by atoms with van der Waals surface area (Å²) in [5.74, 6) is 1.22. The number of nitrogens with zero attached hydrogens (tertiary/aromatic N) is 2. The number of hydrogen-bond acceptors (Lipinski definition) is 5. The van der Waals surface area contributed by atoms with Gasteiger partial charge in [0, 0.05) is 21.6 Å². The van der Waals surface area contributed by atoms with Crippen molar-refractivity contribution in [3.05, 3.63) is 54.9 Å². The summed E-state index contributed by atoms with van der Waals surface area (Å²) in [5, 5.41) is 0.457. The minimum absolute atomic E-state index is 0.0954. The number of benzene rings is 1. The van der Waals surface area contributed by atoms with E-state index in [-0.39, 0.29) is 16.7 Å². The van der Waals surface area contributed by atoms with Crippen LogP contribution in [-0.2, 0) is 17.0 Å². The van der Waals surface area contributed by atoms with E-state index in [0.717, 1.165) is 44.8 Å². The molecule has 3 heterocycles. The number of anilines is 1. The van der Waals surface area contributed by atoms with Gasteiger partial charge < -0.3 is 9.88 Å². The van der Waals surface area contributed by atoms with Crippen LogP contribution in [0.15, 0.2) is 27.5 Å². The second kappa shape index (κ2) is 8.24. The third kappa shape index (κ3) is 4.02. The molecule has 1 amide bonds. The molecule has 1 N–H and O–H groups in total. The maximum Gasteiger partial charge on any atom is 0.259 e. The van der Waals surface area contributed by atoms with Crippen molar-refractivity contribution >= 4 is 60.8 Å². The zero-order valence-electron chi connectivity index (χ0n) is 16.5. The number of nitrogens with one attached hydrogen (secondary N) is 1. The molecule has 0 bridgehead atoms. The molecule has 5 nitrogen and oxygen atoms in total. The molecule has 0 radical (unpaired) electrons. The van der Waals surface area contributed by atoms with Gasteiger partial charge in [0.05, 0.1) is 16.4 Å². The molecule has 4 rings (SSSR count). The Balaban J connectivity index is 1.49. The quantitative estimate of drug-likeness (QED) is 0.559. The van der Waals surface area contributed by atoms with Gasteiger partial charge in [0.2, 0.25) is 5.91 Å². The van der Waals surface area contributed by atoms with Gasteiger partial charge >= 0.3 is 0 Å². The lowest BCUT2D eigenvalue weighted by Gasteiger charge is -2.31. The Labute approximate surface area is 186 Å². The Bertz CT molecular complexity index is 1150. The lowest BCUT2D eigenvalue weighted by molar-refractivity contribution is -0.117. The number of aryl methyl sites for hydroxylation is 3. The number of hydrogen-bond donors (Lipinski definition) is 1. The summed E-state index contributed by atoms with van der Waals surface area (Å²) < 4.78 is 1.04. The van der Waals surface area contributed by atoms with Gasteiger partial charge in [-0.15, -0.1) is 23.1 Å². The average Bonchev–Trinajstić information content (AvgIpc) is 2.98. The van der Waals surface area contributed by atoms with E-state index in [0.29, 0.717) is 17.0 Å². The predicted molar refractivity (Wildman–Crippen MR) is 125 cm³/mol. The fraction of sp³-hybridized carbons (Fsp3) is 0.381. The van der Waals surface area contributed by atoms with Gasteiger partial charge in [0.15, 0.2) is 0 Å². The molecule has 1 aliphatic rings. The van der Waals surface area contributed by atoms with Gasteiger partial charge in [-0.1, -0.05) is 15.9 Å². The van der Waals surface area contributed by atoms with Crippen molar-refractivity contribution in [1.82, 2.24) is 9.97 Å². The number of amides is 1. The fourth-order valence-corrected chi connectivity index (χ4v) is 5.93. The number of halogens is 1. The van der Waals surface area contributed by atoms with Gasteiger partial charge in [0.1, 0.15) is 10.7 Å². The summed E-state index contributed by atoms with van der Waals surface area (Å²) >= 11 is 6.57. The largest absolute Gasteiger partial charge is 0.311 e. The molecule has 1 unspecified atom stereocenters. The normalized spacial score (nSPS) is 14.8. The molecule has 1 aliphatic heterocycles. The van der Waals surface area contributed by atoms with Gasteiger partial charge in [-0.3, -0.25) is 9.59 Å². The monoisotopic (exact) mass is 491 g/mol. The zero-order chi connectivity index (χ0) is 20.7. The zero-order valence-corrected chi connectivity index (χ0v) is 19.8. The van der Waals surface area contributed by atoms with E-state index >= 15 is 0 Å². The maximum atomic E-state index is 13.1. The van der Waals surface area contributed by atoms with Crippen molar-refractivity contribution in [3.63, 3.8) is 0 Å². The van der Waals surface area contributed by atoms with Gasteiger partial charge in [-0.05, 0) is 62.9 Å². The van der Waals surface area contributed by atoms with Crippen LogP contribution in [0.3, 0.4) is 0 Å². The van der Waals surface area contributed by atoms with E-state index in [9.17, 15) is 9.59 Å². The maximum absolute atomic E-state index is 13.1. The molecule has 1 atom stereocenters. The minimum atomic E-state index is -0.225. The predicted octanol–water partition coefficient (Wildman–Crippen LogP) is 4.97. The highest BCUT2D eigenvalue weighted by molar-refractivity contribution is 9.10. The Morgan fingerprint density at radius 3 is 3.00 bits per heavy atom. The lowest BCUT2D eigenvalue weighted by atomic mass is 10.0. The van der Waals surface area contributed by atoms with Crippen molar-refractivity contribution in [3.8, 4) is 0 Å². The van der Waals surface area contributed by atoms with Crippen molar-refractivity contribution in [2.75, 3.05) is 11.4 Å². The summed E-state index contributed by atoms with van der Waals surface area (Å²) in [6.07, 6.45) is 1.96. The summed E-state index contributed by atoms with van der Waals surface area (Å²) in [6, 6.07) is 6.10. The van der Waals surface area contributed by atoms with E-state index in [1.807, 2.05) is 37.8 Å². The highest BCUT2D eigenvalue weighted by atomic mass is 79.9. The lowest BCUT2D eigenvalue weighted by Crippen LogP contribution is -2.40. The van der Waals surface area contributed by atoms with E-state index in [4.69, 9.17) is 0 Å². The van der Waals surface area contributed by atoms with Crippen LogP contribution < -0.4 is 10.5 Å². The second-order valence-corrected chi connectivity index (χ2v) is 10.7. The molecular formula is C21H22BrN3O2S2. The summed E-state index contributed by atoms with van der Waals surface area (Å²) in [5.41, 5.74) is 3.12. The number of thioether (sulfide) groups is 1. The molecule has 0 spiro atoms. The Morgan fingerprint density at radius 2 is 2.21 bits per heavy atom. The van der Waals surface area contributed by atoms with E-state index < -0.39 is 0 Å². The number of H-pyrrole nitrogens is 1. The molecule has 1 aromatic carbocycles. The van der Waals surface area contributed by atoms with Crippen LogP contribution in [-0.4, -0.2) is 27.7 Å². The fourth-order valence-electron chi connectivity index (χ4n) is 3.66. The van der Waals surface area contributed by atoms with Crippen LogP contribution in [0, 0.1) is 13.8 Å². The van der Waals surface area contributed by atoms with Crippen LogP contribution in [0.5, 0.6) is 0 Å². The van der Waals surface area contributed by atoms with E-state index in [1.165, 1.54) is 17.3 Å². The SMILES string of the molecule is Cc1sc2nc(CSC(C)C(=O)N3CCCc4cc(Br)ccc43)[nH]c(=O)c2c1C. The number of fused-ring (bicyclic) bond motifs is 2. The highest BCUT2D eigenvalue weighted by Crippen LogP contribution is 2.32. The third-order valence-corrected chi connectivity index (χ3v) is 8.07. The van der Waals surface area contributed by atoms with Crippen LogP contribution in [0.25, 0.3) is 10.2 Å². The van der Waals surface area contributed by atoms with Crippen molar-refractivity contribution < 1.29 is 4.79 Å². The van der Waals surface area contributed by atoms with Gasteiger partial charge in [-0.2, -0.15) is 0 Å². The Kier molecular flexibility index (Phi) is 5.86. The molecule has 29 heavy (non-hydrogen) atoms. The molecule has 0 aliphatic carbocycles. The minimum Gasteiger partial charge on any atom is -0.311 e. The number of rotatable bonds is 4. The van der Waals surface area contributed by atoms with Crippen molar-refractivity contribution in [2.45, 2.75) is 44.6 Å². The van der Waals surface area contributed by atoms with Gasteiger partial charge in [-0.25, -0.2) is 4.98 Å². The first-order valence-electron chi connectivity index (χ1n) is 9.55.